The van der Waals surface area contributed by atoms with E-state index < -0.39 is 5.97 Å². The van der Waals surface area contributed by atoms with E-state index in [1.54, 1.807) is 36.5 Å². The van der Waals surface area contributed by atoms with E-state index in [0.717, 1.165) is 16.9 Å². The number of methoxy groups -OCH3 is 1. The molecule has 0 saturated heterocycles. The summed E-state index contributed by atoms with van der Waals surface area (Å²) in [4.78, 5) is 26.3. The van der Waals surface area contributed by atoms with Crippen LogP contribution in [0.25, 0.3) is 11.1 Å². The van der Waals surface area contributed by atoms with E-state index in [1.165, 1.54) is 7.11 Å². The lowest BCUT2D eigenvalue weighted by atomic mass is 10.0. The number of nitrogens with one attached hydrogen (secondary N) is 2. The van der Waals surface area contributed by atoms with Crippen LogP contribution in [0.5, 0.6) is 0 Å². The standard InChI is InChI=1S/C19H16N2O3/c1-24-19(23)14-9-7-13(8-10-14)17-11-16(12-20-18(17)22)21-15-5-3-2-4-6-15/h2-12,21H,1H3,(H,20,22). The molecule has 0 saturated carbocycles. The lowest BCUT2D eigenvalue weighted by Crippen LogP contribution is -2.09. The molecule has 0 aliphatic rings. The first kappa shape index (κ1) is 15.6. The van der Waals surface area contributed by atoms with E-state index >= 15 is 0 Å². The maximum Gasteiger partial charge on any atom is 0.337 e. The first-order valence-corrected chi connectivity index (χ1v) is 7.41. The highest BCUT2D eigenvalue weighted by Gasteiger charge is 2.08. The molecule has 0 amide bonds. The molecule has 1 heterocycles. The number of rotatable bonds is 4. The van der Waals surface area contributed by atoms with Gasteiger partial charge in [0.05, 0.1) is 18.4 Å². The molecule has 3 aromatic rings. The van der Waals surface area contributed by atoms with Crippen LogP contribution in [-0.4, -0.2) is 18.1 Å². The Kier molecular flexibility index (Phi) is 4.43. The third kappa shape index (κ3) is 3.35. The van der Waals surface area contributed by atoms with E-state index in [-0.39, 0.29) is 5.56 Å². The number of aromatic nitrogens is 1. The van der Waals surface area contributed by atoms with Crippen molar-refractivity contribution in [2.75, 3.05) is 12.4 Å². The number of anilines is 2. The summed E-state index contributed by atoms with van der Waals surface area (Å²) in [5.41, 5.74) is 3.19. The zero-order chi connectivity index (χ0) is 16.9. The van der Waals surface area contributed by atoms with Crippen molar-refractivity contribution in [1.29, 1.82) is 0 Å². The molecule has 0 aliphatic heterocycles. The molecule has 0 atom stereocenters. The summed E-state index contributed by atoms with van der Waals surface area (Å²) in [6.45, 7) is 0. The fourth-order valence-corrected chi connectivity index (χ4v) is 2.36. The zero-order valence-corrected chi connectivity index (χ0v) is 13.1. The lowest BCUT2D eigenvalue weighted by Gasteiger charge is -2.08. The molecular weight excluding hydrogens is 304 g/mol. The topological polar surface area (TPSA) is 71.2 Å². The van der Waals surface area contributed by atoms with Crippen molar-refractivity contribution in [3.63, 3.8) is 0 Å². The molecule has 2 aromatic carbocycles. The minimum absolute atomic E-state index is 0.195. The van der Waals surface area contributed by atoms with Crippen LogP contribution in [0.4, 0.5) is 11.4 Å². The maximum atomic E-state index is 12.1. The number of aromatic amines is 1. The summed E-state index contributed by atoms with van der Waals surface area (Å²) in [7, 11) is 1.33. The molecule has 0 fully saturated rings. The van der Waals surface area contributed by atoms with Gasteiger partial charge in [0, 0.05) is 17.4 Å². The number of esters is 1. The van der Waals surface area contributed by atoms with Gasteiger partial charge in [0.1, 0.15) is 0 Å². The van der Waals surface area contributed by atoms with Gasteiger partial charge in [-0.1, -0.05) is 30.3 Å². The van der Waals surface area contributed by atoms with Crippen molar-refractivity contribution < 1.29 is 9.53 Å². The highest BCUT2D eigenvalue weighted by molar-refractivity contribution is 5.90. The number of benzene rings is 2. The molecule has 2 N–H and O–H groups in total. The number of pyridine rings is 1. The number of ether oxygens (including phenoxy) is 1. The Morgan fingerprint density at radius 2 is 1.71 bits per heavy atom. The van der Waals surface area contributed by atoms with Crippen LogP contribution in [0.1, 0.15) is 10.4 Å². The minimum Gasteiger partial charge on any atom is -0.465 e. The largest absolute Gasteiger partial charge is 0.465 e. The van der Waals surface area contributed by atoms with Crippen molar-refractivity contribution in [2.45, 2.75) is 0 Å². The Bertz CT molecular complexity index is 900. The second kappa shape index (κ2) is 6.83. The third-order valence-corrected chi connectivity index (χ3v) is 3.58. The van der Waals surface area contributed by atoms with Crippen LogP contribution >= 0.6 is 0 Å². The molecule has 5 nitrogen and oxygen atoms in total. The average molecular weight is 320 g/mol. The first-order chi connectivity index (χ1) is 11.7. The Hall–Kier alpha value is -3.34. The van der Waals surface area contributed by atoms with Gasteiger partial charge in [-0.15, -0.1) is 0 Å². The number of carbonyl (C=O) groups is 1. The van der Waals surface area contributed by atoms with E-state index in [0.29, 0.717) is 11.1 Å². The van der Waals surface area contributed by atoms with Gasteiger partial charge in [0.15, 0.2) is 0 Å². The number of para-hydroxylation sites is 1. The van der Waals surface area contributed by atoms with Crippen molar-refractivity contribution in [1.82, 2.24) is 4.98 Å². The molecule has 24 heavy (non-hydrogen) atoms. The quantitative estimate of drug-likeness (QED) is 0.721. The monoisotopic (exact) mass is 320 g/mol. The fourth-order valence-electron chi connectivity index (χ4n) is 2.36. The van der Waals surface area contributed by atoms with Gasteiger partial charge in [-0.05, 0) is 35.9 Å². The zero-order valence-electron chi connectivity index (χ0n) is 13.1. The van der Waals surface area contributed by atoms with Crippen molar-refractivity contribution in [3.8, 4) is 11.1 Å². The van der Waals surface area contributed by atoms with E-state index in [9.17, 15) is 9.59 Å². The molecule has 0 bridgehead atoms. The van der Waals surface area contributed by atoms with Crippen LogP contribution in [0, 0.1) is 0 Å². The van der Waals surface area contributed by atoms with Crippen LogP contribution in [-0.2, 0) is 4.74 Å². The number of H-pyrrole nitrogens is 1. The molecular formula is C19H16N2O3. The summed E-state index contributed by atoms with van der Waals surface area (Å²) in [6, 6.07) is 18.2. The van der Waals surface area contributed by atoms with Gasteiger partial charge in [-0.25, -0.2) is 4.79 Å². The smallest absolute Gasteiger partial charge is 0.337 e. The Morgan fingerprint density at radius 1 is 1.00 bits per heavy atom. The summed E-state index contributed by atoms with van der Waals surface area (Å²) in [5, 5.41) is 3.24. The maximum absolute atomic E-state index is 12.1. The minimum atomic E-state index is -0.407. The number of carbonyl (C=O) groups excluding carboxylic acids is 1. The summed E-state index contributed by atoms with van der Waals surface area (Å²) in [5.74, 6) is -0.407. The lowest BCUT2D eigenvalue weighted by molar-refractivity contribution is 0.0601. The number of hydrogen-bond donors (Lipinski definition) is 2. The molecule has 0 spiro atoms. The Balaban J connectivity index is 1.91. The molecule has 0 radical (unpaired) electrons. The van der Waals surface area contributed by atoms with Crippen LogP contribution < -0.4 is 10.9 Å². The van der Waals surface area contributed by atoms with Gasteiger partial charge in [0.25, 0.3) is 5.56 Å². The molecule has 120 valence electrons. The van der Waals surface area contributed by atoms with Crippen LogP contribution in [0.3, 0.4) is 0 Å². The normalized spacial score (nSPS) is 10.2. The van der Waals surface area contributed by atoms with Gasteiger partial charge in [-0.2, -0.15) is 0 Å². The highest BCUT2D eigenvalue weighted by atomic mass is 16.5. The highest BCUT2D eigenvalue weighted by Crippen LogP contribution is 2.21. The summed E-state index contributed by atoms with van der Waals surface area (Å²) >= 11 is 0. The molecule has 0 unspecified atom stereocenters. The first-order valence-electron chi connectivity index (χ1n) is 7.41. The van der Waals surface area contributed by atoms with Crippen molar-refractivity contribution in [3.05, 3.63) is 82.8 Å². The van der Waals surface area contributed by atoms with E-state index in [2.05, 4.69) is 15.0 Å². The summed E-state index contributed by atoms with van der Waals surface area (Å²) < 4.78 is 4.67. The average Bonchev–Trinajstić information content (AvgIpc) is 2.64. The molecule has 5 heteroatoms. The van der Waals surface area contributed by atoms with Crippen molar-refractivity contribution >= 4 is 17.3 Å². The van der Waals surface area contributed by atoms with Crippen LogP contribution in [0.15, 0.2) is 71.7 Å². The Labute approximate surface area is 138 Å². The number of hydrogen-bond acceptors (Lipinski definition) is 4. The van der Waals surface area contributed by atoms with Gasteiger partial charge in [0.2, 0.25) is 0 Å². The van der Waals surface area contributed by atoms with Crippen molar-refractivity contribution in [2.24, 2.45) is 0 Å². The SMILES string of the molecule is COC(=O)c1ccc(-c2cc(Nc3ccccc3)c[nH]c2=O)cc1. The fraction of sp³-hybridized carbons (Fsp3) is 0.0526. The van der Waals surface area contributed by atoms with Gasteiger partial charge >= 0.3 is 5.97 Å². The van der Waals surface area contributed by atoms with E-state index in [4.69, 9.17) is 0 Å². The predicted octanol–water partition coefficient (Wildman–Crippen LogP) is 3.57. The Morgan fingerprint density at radius 3 is 2.38 bits per heavy atom. The molecule has 3 rings (SSSR count). The molecule has 1 aromatic heterocycles. The molecule has 0 aliphatic carbocycles. The van der Waals surface area contributed by atoms with Gasteiger partial charge in [-0.3, -0.25) is 4.79 Å². The second-order valence-electron chi connectivity index (χ2n) is 5.19. The van der Waals surface area contributed by atoms with Crippen LogP contribution in [0.2, 0.25) is 0 Å². The van der Waals surface area contributed by atoms with E-state index in [1.807, 2.05) is 30.3 Å². The third-order valence-electron chi connectivity index (χ3n) is 3.58. The predicted molar refractivity (Wildman–Crippen MR) is 93.6 cm³/mol. The van der Waals surface area contributed by atoms with Gasteiger partial charge < -0.3 is 15.0 Å². The summed E-state index contributed by atoms with van der Waals surface area (Å²) in [6.07, 6.45) is 1.63. The second-order valence-corrected chi connectivity index (χ2v) is 5.19.